The van der Waals surface area contributed by atoms with Gasteiger partial charge < -0.3 is 15.0 Å². The molecule has 0 aliphatic heterocycles. The van der Waals surface area contributed by atoms with E-state index in [-0.39, 0.29) is 17.6 Å². The van der Waals surface area contributed by atoms with E-state index < -0.39 is 4.92 Å². The summed E-state index contributed by atoms with van der Waals surface area (Å²) >= 11 is 0. The predicted molar refractivity (Wildman–Crippen MR) is 87.7 cm³/mol. The molecule has 1 aliphatic rings. The molecular formula is C16H23N3O4. The van der Waals surface area contributed by atoms with Crippen LogP contribution >= 0.6 is 0 Å². The van der Waals surface area contributed by atoms with Crippen molar-refractivity contribution in [1.82, 2.24) is 4.90 Å². The van der Waals surface area contributed by atoms with Crippen LogP contribution in [0, 0.1) is 16.0 Å². The van der Waals surface area contributed by atoms with Gasteiger partial charge in [-0.15, -0.1) is 0 Å². The van der Waals surface area contributed by atoms with Crippen LogP contribution in [-0.2, 0) is 4.74 Å². The van der Waals surface area contributed by atoms with Crippen LogP contribution in [-0.4, -0.2) is 49.1 Å². The third kappa shape index (κ3) is 4.19. The molecule has 1 unspecified atom stereocenters. The van der Waals surface area contributed by atoms with Crippen LogP contribution < -0.4 is 5.32 Å². The zero-order valence-electron chi connectivity index (χ0n) is 13.7. The number of hydrogen-bond donors (Lipinski definition) is 1. The molecule has 0 bridgehead atoms. The Kier molecular flexibility index (Phi) is 5.54. The van der Waals surface area contributed by atoms with Gasteiger partial charge in [0.1, 0.15) is 5.69 Å². The number of amides is 1. The van der Waals surface area contributed by atoms with E-state index in [9.17, 15) is 14.9 Å². The van der Waals surface area contributed by atoms with E-state index >= 15 is 0 Å². The Morgan fingerprint density at radius 2 is 2.22 bits per heavy atom. The van der Waals surface area contributed by atoms with E-state index in [2.05, 4.69) is 5.32 Å². The fourth-order valence-corrected chi connectivity index (χ4v) is 2.54. The van der Waals surface area contributed by atoms with Gasteiger partial charge in [0.2, 0.25) is 0 Å². The lowest BCUT2D eigenvalue weighted by Gasteiger charge is -2.25. The lowest BCUT2D eigenvalue weighted by Crippen LogP contribution is -2.36. The van der Waals surface area contributed by atoms with Gasteiger partial charge >= 0.3 is 0 Å². The molecule has 7 heteroatoms. The molecule has 0 saturated heterocycles. The first-order valence-corrected chi connectivity index (χ1v) is 7.74. The number of hydrogen-bond acceptors (Lipinski definition) is 5. The van der Waals surface area contributed by atoms with Crippen LogP contribution in [0.5, 0.6) is 0 Å². The number of nitrogens with zero attached hydrogens (tertiary/aromatic N) is 2. The summed E-state index contributed by atoms with van der Waals surface area (Å²) in [5.74, 6) is 0.366. The Morgan fingerprint density at radius 1 is 1.52 bits per heavy atom. The van der Waals surface area contributed by atoms with E-state index in [4.69, 9.17) is 4.74 Å². The minimum atomic E-state index is -0.476. The highest BCUT2D eigenvalue weighted by Crippen LogP contribution is 2.35. The number of nitro benzene ring substituents is 1. The first-order chi connectivity index (χ1) is 11.0. The van der Waals surface area contributed by atoms with E-state index in [1.54, 1.807) is 31.2 Å². The molecule has 1 fully saturated rings. The second-order valence-corrected chi connectivity index (χ2v) is 5.90. The van der Waals surface area contributed by atoms with Crippen molar-refractivity contribution in [3.05, 3.63) is 33.9 Å². The summed E-state index contributed by atoms with van der Waals surface area (Å²) in [6.07, 6.45) is 2.28. The molecule has 0 spiro atoms. The summed E-state index contributed by atoms with van der Waals surface area (Å²) in [6, 6.07) is 4.70. The van der Waals surface area contributed by atoms with E-state index in [1.807, 2.05) is 6.92 Å². The number of nitro groups is 1. The smallest absolute Gasteiger partial charge is 0.293 e. The monoisotopic (exact) mass is 321 g/mol. The zero-order chi connectivity index (χ0) is 17.0. The second-order valence-electron chi connectivity index (χ2n) is 5.90. The van der Waals surface area contributed by atoms with Crippen molar-refractivity contribution in [1.29, 1.82) is 0 Å². The minimum absolute atomic E-state index is 0.0978. The third-order valence-electron chi connectivity index (χ3n) is 4.30. The minimum Gasteiger partial charge on any atom is -0.383 e. The van der Waals surface area contributed by atoms with Crippen molar-refractivity contribution in [2.75, 3.05) is 32.6 Å². The average molecular weight is 321 g/mol. The Hall–Kier alpha value is -2.15. The summed E-state index contributed by atoms with van der Waals surface area (Å²) in [4.78, 5) is 25.0. The molecular weight excluding hydrogens is 298 g/mol. The van der Waals surface area contributed by atoms with Gasteiger partial charge in [-0.05, 0) is 37.8 Å². The van der Waals surface area contributed by atoms with Gasteiger partial charge in [0, 0.05) is 38.4 Å². The Morgan fingerprint density at radius 3 is 2.78 bits per heavy atom. The number of anilines is 1. The van der Waals surface area contributed by atoms with Crippen LogP contribution in [0.1, 0.15) is 30.1 Å². The van der Waals surface area contributed by atoms with Gasteiger partial charge in [-0.1, -0.05) is 0 Å². The van der Waals surface area contributed by atoms with Crippen molar-refractivity contribution in [2.24, 2.45) is 5.92 Å². The fourth-order valence-electron chi connectivity index (χ4n) is 2.54. The molecule has 2 rings (SSSR count). The molecule has 1 amide bonds. The lowest BCUT2D eigenvalue weighted by molar-refractivity contribution is -0.384. The standard InChI is InChI=1S/C16H23N3O4/c1-11(12-4-5-12)18(2)16(20)13-6-7-14(17-8-9-23-3)15(10-13)19(21)22/h6-7,10-12,17H,4-5,8-9H2,1-3H3. The molecule has 7 nitrogen and oxygen atoms in total. The van der Waals surface area contributed by atoms with Gasteiger partial charge in [0.15, 0.2) is 0 Å². The molecule has 23 heavy (non-hydrogen) atoms. The van der Waals surface area contributed by atoms with E-state index in [1.165, 1.54) is 6.07 Å². The largest absolute Gasteiger partial charge is 0.383 e. The highest BCUT2D eigenvalue weighted by Gasteiger charge is 2.33. The fraction of sp³-hybridized carbons (Fsp3) is 0.562. The normalized spacial score (nSPS) is 15.1. The molecule has 0 heterocycles. The number of methoxy groups -OCH3 is 1. The Bertz CT molecular complexity index is 587. The lowest BCUT2D eigenvalue weighted by atomic mass is 10.1. The van der Waals surface area contributed by atoms with Gasteiger partial charge in [0.25, 0.3) is 11.6 Å². The maximum Gasteiger partial charge on any atom is 0.293 e. The van der Waals surface area contributed by atoms with Crippen molar-refractivity contribution in [2.45, 2.75) is 25.8 Å². The highest BCUT2D eigenvalue weighted by molar-refractivity contribution is 5.95. The highest BCUT2D eigenvalue weighted by atomic mass is 16.6. The molecule has 126 valence electrons. The van der Waals surface area contributed by atoms with Crippen molar-refractivity contribution in [3.63, 3.8) is 0 Å². The Balaban J connectivity index is 2.17. The molecule has 1 aromatic rings. The van der Waals surface area contributed by atoms with Gasteiger partial charge in [-0.3, -0.25) is 14.9 Å². The third-order valence-corrected chi connectivity index (χ3v) is 4.30. The first kappa shape index (κ1) is 17.2. The van der Waals surface area contributed by atoms with Crippen LogP contribution in [0.25, 0.3) is 0 Å². The van der Waals surface area contributed by atoms with Gasteiger partial charge in [-0.25, -0.2) is 0 Å². The van der Waals surface area contributed by atoms with Crippen LogP contribution in [0.3, 0.4) is 0 Å². The number of nitrogens with one attached hydrogen (secondary N) is 1. The maximum absolute atomic E-state index is 12.5. The average Bonchev–Trinajstić information content (AvgIpc) is 3.38. The second kappa shape index (κ2) is 7.41. The quantitative estimate of drug-likeness (QED) is 0.452. The molecule has 0 aromatic heterocycles. The number of ether oxygens (including phenoxy) is 1. The first-order valence-electron chi connectivity index (χ1n) is 7.74. The summed E-state index contributed by atoms with van der Waals surface area (Å²) in [6.45, 7) is 2.92. The van der Waals surface area contributed by atoms with Crippen LogP contribution in [0.2, 0.25) is 0 Å². The summed E-state index contributed by atoms with van der Waals surface area (Å²) in [5, 5.41) is 14.2. The zero-order valence-corrected chi connectivity index (χ0v) is 13.7. The predicted octanol–water partition coefficient (Wildman–Crippen LogP) is 2.52. The maximum atomic E-state index is 12.5. The number of benzene rings is 1. The van der Waals surface area contributed by atoms with Crippen LogP contribution in [0.15, 0.2) is 18.2 Å². The summed E-state index contributed by atoms with van der Waals surface area (Å²) in [7, 11) is 3.32. The van der Waals surface area contributed by atoms with E-state index in [0.717, 1.165) is 12.8 Å². The van der Waals surface area contributed by atoms with E-state index in [0.29, 0.717) is 30.3 Å². The number of rotatable bonds is 8. The van der Waals surface area contributed by atoms with Crippen LogP contribution in [0.4, 0.5) is 11.4 Å². The topological polar surface area (TPSA) is 84.7 Å². The molecule has 0 radical (unpaired) electrons. The van der Waals surface area contributed by atoms with Crippen molar-refractivity contribution in [3.8, 4) is 0 Å². The molecule has 1 aromatic carbocycles. The molecule has 1 aliphatic carbocycles. The molecule has 1 saturated carbocycles. The Labute approximate surface area is 135 Å². The SMILES string of the molecule is COCCNc1ccc(C(=O)N(C)C(C)C2CC2)cc1[N+](=O)[O-]. The summed E-state index contributed by atoms with van der Waals surface area (Å²) < 4.78 is 4.92. The van der Waals surface area contributed by atoms with Gasteiger partial charge in [-0.2, -0.15) is 0 Å². The summed E-state index contributed by atoms with van der Waals surface area (Å²) in [5.41, 5.74) is 0.630. The van der Waals surface area contributed by atoms with Gasteiger partial charge in [0.05, 0.1) is 11.5 Å². The van der Waals surface area contributed by atoms with Crippen molar-refractivity contribution >= 4 is 17.3 Å². The molecule has 1 N–H and O–H groups in total. The number of carbonyl (C=O) groups is 1. The van der Waals surface area contributed by atoms with Crippen molar-refractivity contribution < 1.29 is 14.5 Å². The molecule has 1 atom stereocenters. The number of carbonyl (C=O) groups excluding carboxylic acids is 1.